The lowest BCUT2D eigenvalue weighted by molar-refractivity contribution is 0.0949. The first kappa shape index (κ1) is 17.2. The first-order chi connectivity index (χ1) is 13.3. The molecule has 3 aromatic heterocycles. The Hall–Kier alpha value is -3.26. The van der Waals surface area contributed by atoms with Crippen molar-refractivity contribution in [3.05, 3.63) is 66.5 Å². The van der Waals surface area contributed by atoms with Gasteiger partial charge in [-0.15, -0.1) is 0 Å². The van der Waals surface area contributed by atoms with Crippen LogP contribution in [0.5, 0.6) is 5.88 Å². The predicted octanol–water partition coefficient (Wildman–Crippen LogP) is 1.76. The molecule has 0 bridgehead atoms. The molecule has 1 fully saturated rings. The van der Waals surface area contributed by atoms with Gasteiger partial charge in [0.15, 0.2) is 0 Å². The minimum absolute atomic E-state index is 0.00380. The largest absolute Gasteiger partial charge is 0.472 e. The SMILES string of the molecule is O=C(NCc1ccc(-n2ccnc2)nc1)c1ccnc(OC2CCOC2)c1. The van der Waals surface area contributed by atoms with E-state index in [1.54, 1.807) is 37.1 Å². The maximum Gasteiger partial charge on any atom is 0.251 e. The van der Waals surface area contributed by atoms with Gasteiger partial charge in [-0.3, -0.25) is 9.36 Å². The monoisotopic (exact) mass is 365 g/mol. The Bertz CT molecular complexity index is 890. The zero-order valence-electron chi connectivity index (χ0n) is 14.6. The molecule has 0 spiro atoms. The van der Waals surface area contributed by atoms with Crippen LogP contribution in [-0.2, 0) is 11.3 Å². The van der Waals surface area contributed by atoms with Crippen LogP contribution < -0.4 is 10.1 Å². The summed E-state index contributed by atoms with van der Waals surface area (Å²) >= 11 is 0. The average molecular weight is 365 g/mol. The Labute approximate surface area is 156 Å². The lowest BCUT2D eigenvalue weighted by atomic mass is 10.2. The van der Waals surface area contributed by atoms with E-state index in [4.69, 9.17) is 9.47 Å². The molecule has 1 atom stereocenters. The normalized spacial score (nSPS) is 16.2. The summed E-state index contributed by atoms with van der Waals surface area (Å²) in [6, 6.07) is 7.11. The zero-order valence-corrected chi connectivity index (χ0v) is 14.6. The van der Waals surface area contributed by atoms with E-state index >= 15 is 0 Å². The molecule has 1 unspecified atom stereocenters. The number of imidazole rings is 1. The van der Waals surface area contributed by atoms with Gasteiger partial charge in [0.05, 0.1) is 13.2 Å². The lowest BCUT2D eigenvalue weighted by Gasteiger charge is -2.11. The Morgan fingerprint density at radius 1 is 1.30 bits per heavy atom. The summed E-state index contributed by atoms with van der Waals surface area (Å²) in [6.07, 6.45) is 9.34. The Morgan fingerprint density at radius 3 is 3.00 bits per heavy atom. The molecule has 0 radical (unpaired) electrons. The second kappa shape index (κ2) is 7.96. The smallest absolute Gasteiger partial charge is 0.251 e. The van der Waals surface area contributed by atoms with Gasteiger partial charge in [-0.05, 0) is 17.7 Å². The van der Waals surface area contributed by atoms with Crippen molar-refractivity contribution in [1.29, 1.82) is 0 Å². The standard InChI is InChI=1S/C19H19N5O3/c25-19(15-3-5-21-18(9-15)27-16-4-8-26-12-16)23-11-14-1-2-17(22-10-14)24-7-6-20-13-24/h1-3,5-7,9-10,13,16H,4,8,11-12H2,(H,23,25). The molecular weight excluding hydrogens is 346 g/mol. The highest BCUT2D eigenvalue weighted by molar-refractivity contribution is 5.94. The second-order valence-electron chi connectivity index (χ2n) is 6.16. The molecule has 0 saturated carbocycles. The topological polar surface area (TPSA) is 91.2 Å². The van der Waals surface area contributed by atoms with Gasteiger partial charge in [-0.2, -0.15) is 0 Å². The molecule has 1 saturated heterocycles. The van der Waals surface area contributed by atoms with Crippen LogP contribution >= 0.6 is 0 Å². The lowest BCUT2D eigenvalue weighted by Crippen LogP contribution is -2.23. The minimum atomic E-state index is -0.191. The summed E-state index contributed by atoms with van der Waals surface area (Å²) in [4.78, 5) is 24.9. The first-order valence-corrected chi connectivity index (χ1v) is 8.70. The van der Waals surface area contributed by atoms with Crippen molar-refractivity contribution in [3.8, 4) is 11.7 Å². The average Bonchev–Trinajstić information content (AvgIpc) is 3.41. The molecule has 4 rings (SSSR count). The molecule has 0 aromatic carbocycles. The fourth-order valence-electron chi connectivity index (χ4n) is 2.74. The molecule has 1 aliphatic heterocycles. The van der Waals surface area contributed by atoms with Gasteiger partial charge in [0.1, 0.15) is 18.2 Å². The summed E-state index contributed by atoms with van der Waals surface area (Å²) in [5, 5.41) is 2.88. The van der Waals surface area contributed by atoms with Gasteiger partial charge in [0, 0.05) is 49.4 Å². The molecule has 8 heteroatoms. The van der Waals surface area contributed by atoms with Gasteiger partial charge in [-0.1, -0.05) is 6.07 Å². The molecule has 3 aromatic rings. The quantitative estimate of drug-likeness (QED) is 0.716. The molecular formula is C19H19N5O3. The van der Waals surface area contributed by atoms with Gasteiger partial charge >= 0.3 is 0 Å². The van der Waals surface area contributed by atoms with Crippen LogP contribution in [0.3, 0.4) is 0 Å². The molecule has 0 aliphatic carbocycles. The zero-order chi connectivity index (χ0) is 18.5. The second-order valence-corrected chi connectivity index (χ2v) is 6.16. The van der Waals surface area contributed by atoms with E-state index in [0.717, 1.165) is 17.8 Å². The molecule has 1 N–H and O–H groups in total. The number of nitrogens with one attached hydrogen (secondary N) is 1. The van der Waals surface area contributed by atoms with E-state index in [1.165, 1.54) is 0 Å². The summed E-state index contributed by atoms with van der Waals surface area (Å²) in [6.45, 7) is 1.63. The summed E-state index contributed by atoms with van der Waals surface area (Å²) < 4.78 is 12.8. The van der Waals surface area contributed by atoms with E-state index in [9.17, 15) is 4.79 Å². The van der Waals surface area contributed by atoms with Crippen molar-refractivity contribution in [1.82, 2.24) is 24.8 Å². The number of ether oxygens (including phenoxy) is 2. The number of amides is 1. The molecule has 8 nitrogen and oxygen atoms in total. The number of pyridine rings is 2. The number of carbonyl (C=O) groups is 1. The fraction of sp³-hybridized carbons (Fsp3) is 0.263. The first-order valence-electron chi connectivity index (χ1n) is 8.70. The van der Waals surface area contributed by atoms with E-state index in [1.807, 2.05) is 22.9 Å². The maximum absolute atomic E-state index is 12.4. The molecule has 1 aliphatic rings. The number of hydrogen-bond acceptors (Lipinski definition) is 6. The van der Waals surface area contributed by atoms with E-state index in [-0.39, 0.29) is 12.0 Å². The van der Waals surface area contributed by atoms with Crippen LogP contribution in [0.1, 0.15) is 22.3 Å². The van der Waals surface area contributed by atoms with Crippen molar-refractivity contribution in [2.45, 2.75) is 19.1 Å². The molecule has 27 heavy (non-hydrogen) atoms. The van der Waals surface area contributed by atoms with Gasteiger partial charge in [-0.25, -0.2) is 15.0 Å². The third-order valence-electron chi connectivity index (χ3n) is 4.20. The Morgan fingerprint density at radius 2 is 2.26 bits per heavy atom. The van der Waals surface area contributed by atoms with Crippen molar-refractivity contribution < 1.29 is 14.3 Å². The van der Waals surface area contributed by atoms with Crippen molar-refractivity contribution in [2.24, 2.45) is 0 Å². The number of carbonyl (C=O) groups excluding carboxylic acids is 1. The maximum atomic E-state index is 12.4. The van der Waals surface area contributed by atoms with E-state index in [0.29, 0.717) is 31.2 Å². The van der Waals surface area contributed by atoms with Crippen LogP contribution in [0.15, 0.2) is 55.4 Å². The number of hydrogen-bond donors (Lipinski definition) is 1. The van der Waals surface area contributed by atoms with Crippen molar-refractivity contribution in [2.75, 3.05) is 13.2 Å². The van der Waals surface area contributed by atoms with Crippen LogP contribution in [0, 0.1) is 0 Å². The Kier molecular flexibility index (Phi) is 5.06. The van der Waals surface area contributed by atoms with Crippen LogP contribution in [0.25, 0.3) is 5.82 Å². The van der Waals surface area contributed by atoms with Crippen molar-refractivity contribution in [3.63, 3.8) is 0 Å². The molecule has 138 valence electrons. The van der Waals surface area contributed by atoms with E-state index in [2.05, 4.69) is 20.3 Å². The highest BCUT2D eigenvalue weighted by Gasteiger charge is 2.18. The van der Waals surface area contributed by atoms with Gasteiger partial charge < -0.3 is 14.8 Å². The summed E-state index contributed by atoms with van der Waals surface area (Å²) in [5.41, 5.74) is 1.41. The van der Waals surface area contributed by atoms with Crippen LogP contribution in [-0.4, -0.2) is 44.7 Å². The van der Waals surface area contributed by atoms with Gasteiger partial charge in [0.25, 0.3) is 5.91 Å². The van der Waals surface area contributed by atoms with Crippen LogP contribution in [0.4, 0.5) is 0 Å². The molecule has 4 heterocycles. The van der Waals surface area contributed by atoms with Gasteiger partial charge in [0.2, 0.25) is 5.88 Å². The fourth-order valence-corrected chi connectivity index (χ4v) is 2.74. The third kappa shape index (κ3) is 4.29. The summed E-state index contributed by atoms with van der Waals surface area (Å²) in [5.74, 6) is 1.02. The highest BCUT2D eigenvalue weighted by atomic mass is 16.5. The number of aromatic nitrogens is 4. The third-order valence-corrected chi connectivity index (χ3v) is 4.20. The molecule has 1 amide bonds. The van der Waals surface area contributed by atoms with E-state index < -0.39 is 0 Å². The highest BCUT2D eigenvalue weighted by Crippen LogP contribution is 2.16. The number of rotatable bonds is 6. The van der Waals surface area contributed by atoms with Crippen LogP contribution in [0.2, 0.25) is 0 Å². The Balaban J connectivity index is 1.35. The van der Waals surface area contributed by atoms with Crippen molar-refractivity contribution >= 4 is 5.91 Å². The number of nitrogens with zero attached hydrogens (tertiary/aromatic N) is 4. The summed E-state index contributed by atoms with van der Waals surface area (Å²) in [7, 11) is 0. The predicted molar refractivity (Wildman–Crippen MR) is 96.6 cm³/mol. The minimum Gasteiger partial charge on any atom is -0.472 e.